The van der Waals surface area contributed by atoms with Gasteiger partial charge in [-0.25, -0.2) is 4.57 Å². The van der Waals surface area contributed by atoms with Gasteiger partial charge in [0.2, 0.25) is 0 Å². The molecule has 2 N–H and O–H groups in total. The van der Waals surface area contributed by atoms with E-state index >= 15 is 0 Å². The standard InChI is InChI=1S/C9H18BO7PS/c1-14-3-4-15-8-7(17-18(11,12)13)6(2-5-19)16-9(8)10/h6-9,19H,2-5H2,1H3,(H2,11,12,13)/t6-,7?,8+,9-/m1/s1. The van der Waals surface area contributed by atoms with Crippen molar-refractivity contribution < 1.29 is 33.1 Å². The minimum Gasteiger partial charge on any atom is -0.382 e. The van der Waals surface area contributed by atoms with Crippen molar-refractivity contribution in [2.75, 3.05) is 26.1 Å². The molecule has 19 heavy (non-hydrogen) atoms. The van der Waals surface area contributed by atoms with Crippen LogP contribution in [0.25, 0.3) is 0 Å². The second kappa shape index (κ2) is 8.00. The normalized spacial score (nSPS) is 31.8. The molecule has 1 heterocycles. The van der Waals surface area contributed by atoms with Crippen LogP contribution in [0.1, 0.15) is 6.42 Å². The molecule has 1 saturated heterocycles. The summed E-state index contributed by atoms with van der Waals surface area (Å²) < 4.78 is 31.4. The fourth-order valence-corrected chi connectivity index (χ4v) is 2.69. The quantitative estimate of drug-likeness (QED) is 0.245. The molecule has 0 amide bonds. The Labute approximate surface area is 119 Å². The summed E-state index contributed by atoms with van der Waals surface area (Å²) in [6, 6.07) is -0.807. The van der Waals surface area contributed by atoms with E-state index in [-0.39, 0.29) is 6.61 Å². The lowest BCUT2D eigenvalue weighted by Gasteiger charge is -2.24. The fraction of sp³-hybridized carbons (Fsp3) is 1.00. The maximum atomic E-state index is 11.0. The predicted molar refractivity (Wildman–Crippen MR) is 71.4 cm³/mol. The van der Waals surface area contributed by atoms with Crippen molar-refractivity contribution in [3.63, 3.8) is 0 Å². The Morgan fingerprint density at radius 1 is 1.37 bits per heavy atom. The summed E-state index contributed by atoms with van der Waals surface area (Å²) in [6.45, 7) is 0.565. The lowest BCUT2D eigenvalue weighted by molar-refractivity contribution is -0.0370. The average Bonchev–Trinajstić information content (AvgIpc) is 2.56. The van der Waals surface area contributed by atoms with Gasteiger partial charge in [0.1, 0.15) is 20.1 Å². The summed E-state index contributed by atoms with van der Waals surface area (Å²) in [4.78, 5) is 17.9. The molecule has 0 aliphatic carbocycles. The van der Waals surface area contributed by atoms with Crippen LogP contribution in [0.15, 0.2) is 0 Å². The smallest absolute Gasteiger partial charge is 0.382 e. The van der Waals surface area contributed by atoms with Crippen LogP contribution in [0.3, 0.4) is 0 Å². The number of phosphoric ester groups is 1. The van der Waals surface area contributed by atoms with Crippen LogP contribution < -0.4 is 0 Å². The van der Waals surface area contributed by atoms with Crippen LogP contribution in [0.2, 0.25) is 0 Å². The Morgan fingerprint density at radius 2 is 2.05 bits per heavy atom. The molecule has 1 aliphatic heterocycles. The first-order valence-corrected chi connectivity index (χ1v) is 7.91. The second-order valence-corrected chi connectivity index (χ2v) is 5.68. The number of thiol groups is 1. The summed E-state index contributed by atoms with van der Waals surface area (Å²) >= 11 is 4.06. The third-order valence-corrected chi connectivity index (χ3v) is 3.39. The molecule has 0 aromatic carbocycles. The third-order valence-electron chi connectivity index (χ3n) is 2.62. The summed E-state index contributed by atoms with van der Waals surface area (Å²) in [5, 5.41) is 0. The molecule has 10 heteroatoms. The van der Waals surface area contributed by atoms with Gasteiger partial charge in [0.25, 0.3) is 0 Å². The van der Waals surface area contributed by atoms with E-state index < -0.39 is 32.1 Å². The summed E-state index contributed by atoms with van der Waals surface area (Å²) in [6.07, 6.45) is -1.80. The van der Waals surface area contributed by atoms with E-state index in [1.165, 1.54) is 7.11 Å². The third kappa shape index (κ3) is 5.73. The van der Waals surface area contributed by atoms with E-state index in [9.17, 15) is 4.57 Å². The Morgan fingerprint density at radius 3 is 2.58 bits per heavy atom. The largest absolute Gasteiger partial charge is 0.470 e. The van der Waals surface area contributed by atoms with Crippen molar-refractivity contribution in [1.82, 2.24) is 0 Å². The van der Waals surface area contributed by atoms with Crippen molar-refractivity contribution >= 4 is 28.3 Å². The highest BCUT2D eigenvalue weighted by Crippen LogP contribution is 2.42. The highest BCUT2D eigenvalue weighted by molar-refractivity contribution is 7.80. The van der Waals surface area contributed by atoms with Crippen LogP contribution >= 0.6 is 20.5 Å². The molecule has 0 aromatic heterocycles. The minimum atomic E-state index is -4.65. The lowest BCUT2D eigenvalue weighted by Crippen LogP contribution is -2.38. The first-order valence-electron chi connectivity index (χ1n) is 5.75. The van der Waals surface area contributed by atoms with Crippen LogP contribution in [0.5, 0.6) is 0 Å². The molecule has 110 valence electrons. The summed E-state index contributed by atoms with van der Waals surface area (Å²) in [7, 11) is 2.61. The lowest BCUT2D eigenvalue weighted by atomic mass is 9.92. The summed E-state index contributed by atoms with van der Waals surface area (Å²) in [5.74, 6) is 0.475. The second-order valence-electron chi connectivity index (χ2n) is 4.04. The van der Waals surface area contributed by atoms with Crippen molar-refractivity contribution in [2.24, 2.45) is 0 Å². The van der Waals surface area contributed by atoms with Crippen molar-refractivity contribution in [3.8, 4) is 0 Å². The van der Waals surface area contributed by atoms with Gasteiger partial charge in [0.15, 0.2) is 0 Å². The number of hydrogen-bond donors (Lipinski definition) is 3. The van der Waals surface area contributed by atoms with Gasteiger partial charge in [0, 0.05) is 13.1 Å². The monoisotopic (exact) mass is 312 g/mol. The van der Waals surface area contributed by atoms with Gasteiger partial charge in [0.05, 0.1) is 19.3 Å². The number of hydrogen-bond acceptors (Lipinski definition) is 6. The van der Waals surface area contributed by atoms with Crippen molar-refractivity contribution in [2.45, 2.75) is 30.7 Å². The molecule has 1 rings (SSSR count). The predicted octanol–water partition coefficient (Wildman–Crippen LogP) is -0.291. The number of ether oxygens (including phenoxy) is 3. The molecule has 0 aromatic rings. The number of rotatable bonds is 8. The zero-order valence-corrected chi connectivity index (χ0v) is 12.3. The SMILES string of the molecule is [B][C@@H]1O[C@H](CCS)C(OP(=O)(O)O)[C@@H]1OCCOC. The molecular weight excluding hydrogens is 294 g/mol. The van der Waals surface area contributed by atoms with Gasteiger partial charge in [-0.2, -0.15) is 12.6 Å². The van der Waals surface area contributed by atoms with Gasteiger partial charge in [-0.05, 0) is 12.2 Å². The molecule has 1 aliphatic rings. The average molecular weight is 312 g/mol. The molecule has 0 spiro atoms. The summed E-state index contributed by atoms with van der Waals surface area (Å²) in [5.41, 5.74) is 0. The highest BCUT2D eigenvalue weighted by atomic mass is 32.1. The van der Waals surface area contributed by atoms with E-state index in [4.69, 9.17) is 36.4 Å². The molecule has 1 fully saturated rings. The number of phosphoric acid groups is 1. The Balaban J connectivity index is 2.70. The van der Waals surface area contributed by atoms with Crippen LogP contribution in [0, 0.1) is 0 Å². The minimum absolute atomic E-state index is 0.229. The zero-order chi connectivity index (χ0) is 14.5. The van der Waals surface area contributed by atoms with Gasteiger partial charge in [-0.15, -0.1) is 0 Å². The van der Waals surface area contributed by atoms with Crippen LogP contribution in [-0.2, 0) is 23.3 Å². The van der Waals surface area contributed by atoms with E-state index in [0.717, 1.165) is 0 Å². The van der Waals surface area contributed by atoms with Crippen LogP contribution in [0.4, 0.5) is 0 Å². The molecule has 1 unspecified atom stereocenters. The molecule has 2 radical (unpaired) electrons. The molecule has 0 saturated carbocycles. The molecule has 0 bridgehead atoms. The fourth-order valence-electron chi connectivity index (χ4n) is 1.86. The van der Waals surface area contributed by atoms with E-state index in [1.807, 2.05) is 0 Å². The van der Waals surface area contributed by atoms with Gasteiger partial charge < -0.3 is 24.0 Å². The topological polar surface area (TPSA) is 94.5 Å². The van der Waals surface area contributed by atoms with Gasteiger partial charge in [-0.3, -0.25) is 4.52 Å². The zero-order valence-electron chi connectivity index (χ0n) is 10.5. The first-order chi connectivity index (χ1) is 8.89. The maximum Gasteiger partial charge on any atom is 0.470 e. The highest BCUT2D eigenvalue weighted by Gasteiger charge is 2.46. The Bertz CT molecular complexity index is 315. The van der Waals surface area contributed by atoms with Gasteiger partial charge in [-0.1, -0.05) is 0 Å². The van der Waals surface area contributed by atoms with Crippen LogP contribution in [-0.4, -0.2) is 68.0 Å². The molecular formula is C9H18BO7PS. The van der Waals surface area contributed by atoms with E-state index in [0.29, 0.717) is 18.8 Å². The molecule has 7 nitrogen and oxygen atoms in total. The number of methoxy groups -OCH3 is 1. The molecule has 4 atom stereocenters. The van der Waals surface area contributed by atoms with E-state index in [2.05, 4.69) is 12.6 Å². The van der Waals surface area contributed by atoms with E-state index in [1.54, 1.807) is 0 Å². The van der Waals surface area contributed by atoms with Crippen molar-refractivity contribution in [3.05, 3.63) is 0 Å². The first kappa shape index (κ1) is 17.5. The Hall–Kier alpha value is 0.405. The van der Waals surface area contributed by atoms with Crippen molar-refractivity contribution in [1.29, 1.82) is 0 Å². The Kier molecular flexibility index (Phi) is 7.35. The maximum absolute atomic E-state index is 11.0. The van der Waals surface area contributed by atoms with Gasteiger partial charge >= 0.3 is 7.82 Å².